The molecule has 0 unspecified atom stereocenters. The maximum Gasteiger partial charge on any atom is 0.345 e. The maximum absolute atomic E-state index is 11.4. The van der Waals surface area contributed by atoms with E-state index in [-0.39, 0.29) is 5.69 Å². The molecular weight excluding hydrogens is 216 g/mol. The van der Waals surface area contributed by atoms with Crippen LogP contribution in [0.25, 0.3) is 0 Å². The normalized spacial score (nSPS) is 21.3. The quantitative estimate of drug-likeness (QED) is 0.780. The first kappa shape index (κ1) is 10.8. The zero-order valence-corrected chi connectivity index (χ0v) is 9.91. The molecule has 2 fully saturated rings. The fourth-order valence-corrected chi connectivity index (χ4v) is 2.57. The highest BCUT2D eigenvalue weighted by Gasteiger charge is 2.26. The van der Waals surface area contributed by atoms with Crippen LogP contribution in [0.2, 0.25) is 0 Å². The average molecular weight is 234 g/mol. The van der Waals surface area contributed by atoms with E-state index in [1.54, 1.807) is 6.20 Å². The first-order valence-electron chi connectivity index (χ1n) is 6.39. The fourth-order valence-electron chi connectivity index (χ4n) is 2.57. The van der Waals surface area contributed by atoms with E-state index in [2.05, 4.69) is 20.2 Å². The molecule has 0 spiro atoms. The third kappa shape index (κ3) is 2.07. The van der Waals surface area contributed by atoms with Crippen molar-refractivity contribution in [2.75, 3.05) is 31.1 Å². The van der Waals surface area contributed by atoms with Crippen molar-refractivity contribution >= 4 is 5.69 Å². The van der Waals surface area contributed by atoms with Crippen LogP contribution in [-0.2, 0) is 0 Å². The van der Waals surface area contributed by atoms with E-state index in [0.717, 1.165) is 37.6 Å². The lowest BCUT2D eigenvalue weighted by atomic mass is 9.82. The number of nitrogens with one attached hydrogen (secondary N) is 2. The van der Waals surface area contributed by atoms with Gasteiger partial charge in [0.15, 0.2) is 0 Å². The Morgan fingerprint density at radius 3 is 2.71 bits per heavy atom. The van der Waals surface area contributed by atoms with E-state index in [4.69, 9.17) is 0 Å². The van der Waals surface area contributed by atoms with Crippen molar-refractivity contribution in [2.45, 2.75) is 25.2 Å². The monoisotopic (exact) mass is 234 g/mol. The Morgan fingerprint density at radius 1 is 1.29 bits per heavy atom. The summed E-state index contributed by atoms with van der Waals surface area (Å²) < 4.78 is 0. The van der Waals surface area contributed by atoms with Crippen LogP contribution in [0, 0.1) is 0 Å². The van der Waals surface area contributed by atoms with Crippen LogP contribution in [-0.4, -0.2) is 36.1 Å². The number of aromatic nitrogens is 2. The Balaban J connectivity index is 1.93. The molecule has 1 saturated carbocycles. The Labute approximate surface area is 100 Å². The predicted molar refractivity (Wildman–Crippen MR) is 66.5 cm³/mol. The van der Waals surface area contributed by atoms with Gasteiger partial charge in [-0.2, -0.15) is 4.98 Å². The van der Waals surface area contributed by atoms with E-state index in [1.807, 2.05) is 0 Å². The standard InChI is InChI=1S/C12H18N4O/c17-12-14-8-10(16-6-4-13-5-7-16)11(15-12)9-2-1-3-9/h8-9,13H,1-7H2,(H,14,15,17). The van der Waals surface area contributed by atoms with Crippen molar-refractivity contribution < 1.29 is 0 Å². The Hall–Kier alpha value is -1.36. The molecule has 1 aliphatic carbocycles. The van der Waals surface area contributed by atoms with Crippen LogP contribution in [0.1, 0.15) is 30.9 Å². The van der Waals surface area contributed by atoms with E-state index in [0.29, 0.717) is 5.92 Å². The number of anilines is 1. The second-order valence-corrected chi connectivity index (χ2v) is 4.85. The van der Waals surface area contributed by atoms with Crippen LogP contribution in [0.15, 0.2) is 11.0 Å². The van der Waals surface area contributed by atoms with Crippen LogP contribution in [0.3, 0.4) is 0 Å². The van der Waals surface area contributed by atoms with Gasteiger partial charge in [0.2, 0.25) is 0 Å². The zero-order chi connectivity index (χ0) is 11.7. The molecule has 0 amide bonds. The molecule has 17 heavy (non-hydrogen) atoms. The van der Waals surface area contributed by atoms with Crippen molar-refractivity contribution in [2.24, 2.45) is 0 Å². The first-order valence-corrected chi connectivity index (χ1v) is 6.39. The van der Waals surface area contributed by atoms with Gasteiger partial charge in [-0.3, -0.25) is 0 Å². The summed E-state index contributed by atoms with van der Waals surface area (Å²) >= 11 is 0. The maximum atomic E-state index is 11.4. The predicted octanol–water partition coefficient (Wildman–Crippen LogP) is 0.447. The highest BCUT2D eigenvalue weighted by molar-refractivity contribution is 5.51. The van der Waals surface area contributed by atoms with E-state index < -0.39 is 0 Å². The number of piperazine rings is 1. The van der Waals surface area contributed by atoms with Gasteiger partial charge in [0, 0.05) is 37.8 Å². The number of hydrogen-bond acceptors (Lipinski definition) is 4. The molecule has 0 radical (unpaired) electrons. The van der Waals surface area contributed by atoms with Gasteiger partial charge in [-0.15, -0.1) is 0 Å². The SMILES string of the molecule is O=c1ncc(N2CCNCC2)c(C2CCC2)[nH]1. The van der Waals surface area contributed by atoms with Crippen molar-refractivity contribution in [1.82, 2.24) is 15.3 Å². The van der Waals surface area contributed by atoms with Gasteiger partial charge in [-0.1, -0.05) is 6.42 Å². The number of rotatable bonds is 2. The molecule has 3 rings (SSSR count). The zero-order valence-electron chi connectivity index (χ0n) is 9.91. The molecule has 1 aromatic rings. The highest BCUT2D eigenvalue weighted by Crippen LogP contribution is 2.38. The third-order valence-electron chi connectivity index (χ3n) is 3.79. The molecular formula is C12H18N4O. The average Bonchev–Trinajstić information content (AvgIpc) is 2.28. The molecule has 1 aliphatic heterocycles. The van der Waals surface area contributed by atoms with Crippen LogP contribution in [0.5, 0.6) is 0 Å². The van der Waals surface area contributed by atoms with Gasteiger partial charge in [0.1, 0.15) is 0 Å². The minimum absolute atomic E-state index is 0.217. The largest absolute Gasteiger partial charge is 0.366 e. The summed E-state index contributed by atoms with van der Waals surface area (Å²) in [5.41, 5.74) is 2.03. The molecule has 2 aliphatic rings. The van der Waals surface area contributed by atoms with Gasteiger partial charge in [0.25, 0.3) is 0 Å². The van der Waals surface area contributed by atoms with Crippen molar-refractivity contribution in [3.63, 3.8) is 0 Å². The van der Waals surface area contributed by atoms with E-state index >= 15 is 0 Å². The van der Waals surface area contributed by atoms with Crippen molar-refractivity contribution in [3.8, 4) is 0 Å². The third-order valence-corrected chi connectivity index (χ3v) is 3.79. The Kier molecular flexibility index (Phi) is 2.84. The Morgan fingerprint density at radius 2 is 2.06 bits per heavy atom. The summed E-state index contributed by atoms with van der Waals surface area (Å²) in [5.74, 6) is 0.538. The van der Waals surface area contributed by atoms with E-state index in [9.17, 15) is 4.79 Å². The topological polar surface area (TPSA) is 61.0 Å². The van der Waals surface area contributed by atoms with Gasteiger partial charge in [0.05, 0.1) is 11.9 Å². The minimum atomic E-state index is -0.217. The Bertz CT molecular complexity index is 446. The molecule has 5 nitrogen and oxygen atoms in total. The molecule has 1 saturated heterocycles. The van der Waals surface area contributed by atoms with Gasteiger partial charge in [-0.25, -0.2) is 4.79 Å². The van der Waals surface area contributed by atoms with Crippen LogP contribution in [0.4, 0.5) is 5.69 Å². The molecule has 2 N–H and O–H groups in total. The molecule has 0 bridgehead atoms. The molecule has 2 heterocycles. The minimum Gasteiger partial charge on any atom is -0.366 e. The number of nitrogens with zero attached hydrogens (tertiary/aromatic N) is 2. The van der Waals surface area contributed by atoms with E-state index in [1.165, 1.54) is 19.3 Å². The summed E-state index contributed by atoms with van der Waals surface area (Å²) in [4.78, 5) is 20.5. The van der Waals surface area contributed by atoms with Crippen LogP contribution >= 0.6 is 0 Å². The summed E-state index contributed by atoms with van der Waals surface area (Å²) in [6.45, 7) is 3.99. The lowest BCUT2D eigenvalue weighted by molar-refractivity contribution is 0.408. The molecule has 0 atom stereocenters. The first-order chi connectivity index (χ1) is 8.34. The molecule has 92 valence electrons. The lowest BCUT2D eigenvalue weighted by Crippen LogP contribution is -2.44. The molecule has 0 aromatic carbocycles. The number of aromatic amines is 1. The second-order valence-electron chi connectivity index (χ2n) is 4.85. The number of H-pyrrole nitrogens is 1. The smallest absolute Gasteiger partial charge is 0.345 e. The van der Waals surface area contributed by atoms with Gasteiger partial charge in [-0.05, 0) is 12.8 Å². The van der Waals surface area contributed by atoms with Gasteiger partial charge >= 0.3 is 5.69 Å². The lowest BCUT2D eigenvalue weighted by Gasteiger charge is -2.34. The fraction of sp³-hybridized carbons (Fsp3) is 0.667. The van der Waals surface area contributed by atoms with Crippen molar-refractivity contribution in [3.05, 3.63) is 22.4 Å². The highest BCUT2D eigenvalue weighted by atomic mass is 16.1. The summed E-state index contributed by atoms with van der Waals surface area (Å²) in [6.07, 6.45) is 5.41. The van der Waals surface area contributed by atoms with Gasteiger partial charge < -0.3 is 15.2 Å². The summed E-state index contributed by atoms with van der Waals surface area (Å²) in [5, 5.41) is 3.34. The van der Waals surface area contributed by atoms with Crippen LogP contribution < -0.4 is 15.9 Å². The molecule has 5 heteroatoms. The number of hydrogen-bond donors (Lipinski definition) is 2. The molecule has 1 aromatic heterocycles. The van der Waals surface area contributed by atoms with Crippen molar-refractivity contribution in [1.29, 1.82) is 0 Å². The summed E-state index contributed by atoms with van der Waals surface area (Å²) in [6, 6.07) is 0. The summed E-state index contributed by atoms with van der Waals surface area (Å²) in [7, 11) is 0. The second kappa shape index (κ2) is 4.49.